The lowest BCUT2D eigenvalue weighted by Gasteiger charge is -2.06. The molecule has 76 valence electrons. The quantitative estimate of drug-likeness (QED) is 0.842. The normalized spacial score (nSPS) is 12.1. The zero-order chi connectivity index (χ0) is 10.6. The fourth-order valence-electron chi connectivity index (χ4n) is 1.09. The number of methoxy groups -OCH3 is 1. The van der Waals surface area contributed by atoms with Crippen LogP contribution in [0.3, 0.4) is 0 Å². The molecule has 3 nitrogen and oxygen atoms in total. The number of carboxylic acid groups (broad SMARTS) is 1. The van der Waals surface area contributed by atoms with Crippen LogP contribution in [-0.4, -0.2) is 23.0 Å². The maximum atomic E-state index is 10.6. The van der Waals surface area contributed by atoms with Crippen LogP contribution >= 0.6 is 15.9 Å². The molecule has 0 saturated carbocycles. The Morgan fingerprint density at radius 3 is 2.93 bits per heavy atom. The Morgan fingerprint density at radius 2 is 2.36 bits per heavy atom. The third kappa shape index (κ3) is 3.03. The highest BCUT2D eigenvalue weighted by molar-refractivity contribution is 9.10. The third-order valence-corrected chi connectivity index (χ3v) is 2.53. The molecule has 0 saturated heterocycles. The molecule has 0 aromatic heterocycles. The van der Waals surface area contributed by atoms with E-state index in [2.05, 4.69) is 15.9 Å². The minimum Gasteiger partial charge on any atom is -0.497 e. The van der Waals surface area contributed by atoms with Crippen LogP contribution in [0.4, 0.5) is 0 Å². The fraction of sp³-hybridized carbons (Fsp3) is 0.300. The van der Waals surface area contributed by atoms with Crippen molar-refractivity contribution in [2.45, 2.75) is 11.2 Å². The third-order valence-electron chi connectivity index (χ3n) is 1.82. The van der Waals surface area contributed by atoms with E-state index in [1.165, 1.54) is 0 Å². The second-order valence-electron chi connectivity index (χ2n) is 2.86. The topological polar surface area (TPSA) is 46.5 Å². The first-order chi connectivity index (χ1) is 6.63. The van der Waals surface area contributed by atoms with Crippen LogP contribution in [0.2, 0.25) is 0 Å². The summed E-state index contributed by atoms with van der Waals surface area (Å²) in [5.41, 5.74) is 0.939. The number of rotatable bonds is 4. The molecule has 0 heterocycles. The maximum Gasteiger partial charge on any atom is 0.317 e. The van der Waals surface area contributed by atoms with E-state index in [9.17, 15) is 4.79 Å². The number of carboxylic acids is 1. The van der Waals surface area contributed by atoms with Crippen LogP contribution in [0, 0.1) is 0 Å². The Morgan fingerprint density at radius 1 is 1.64 bits per heavy atom. The second kappa shape index (κ2) is 5.00. The molecular weight excluding hydrogens is 248 g/mol. The van der Waals surface area contributed by atoms with Gasteiger partial charge in [-0.25, -0.2) is 0 Å². The van der Waals surface area contributed by atoms with Gasteiger partial charge in [0.15, 0.2) is 0 Å². The first kappa shape index (κ1) is 11.0. The lowest BCUT2D eigenvalue weighted by molar-refractivity contribution is -0.136. The Balaban J connectivity index is 2.71. The molecule has 1 N–H and O–H groups in total. The fourth-order valence-corrected chi connectivity index (χ4v) is 1.47. The highest BCUT2D eigenvalue weighted by atomic mass is 79.9. The summed E-state index contributed by atoms with van der Waals surface area (Å²) in [6.45, 7) is 0. The van der Waals surface area contributed by atoms with Crippen LogP contribution in [0.1, 0.15) is 5.56 Å². The van der Waals surface area contributed by atoms with Crippen molar-refractivity contribution in [3.8, 4) is 5.75 Å². The maximum absolute atomic E-state index is 10.6. The molecule has 1 rings (SSSR count). The van der Waals surface area contributed by atoms with Gasteiger partial charge in [-0.15, -0.1) is 0 Å². The molecule has 0 radical (unpaired) electrons. The molecule has 0 aliphatic carbocycles. The van der Waals surface area contributed by atoms with E-state index >= 15 is 0 Å². The Bertz CT molecular complexity index is 325. The number of carbonyl (C=O) groups is 1. The molecule has 1 atom stereocenters. The van der Waals surface area contributed by atoms with Gasteiger partial charge in [-0.3, -0.25) is 4.79 Å². The standard InChI is InChI=1S/C10H11BrO3/c1-14-8-4-2-3-7(5-8)6-9(11)10(12)13/h2-5,9H,6H2,1H3,(H,12,13). The molecule has 4 heteroatoms. The molecule has 0 fully saturated rings. The molecule has 0 amide bonds. The molecule has 1 aromatic rings. The van der Waals surface area contributed by atoms with Gasteiger partial charge in [-0.05, 0) is 24.1 Å². The predicted octanol–water partition coefficient (Wildman–Crippen LogP) is 2.09. The van der Waals surface area contributed by atoms with Crippen LogP contribution in [0.25, 0.3) is 0 Å². The van der Waals surface area contributed by atoms with Crippen LogP contribution in [0.15, 0.2) is 24.3 Å². The van der Waals surface area contributed by atoms with E-state index in [-0.39, 0.29) is 0 Å². The highest BCUT2D eigenvalue weighted by Gasteiger charge is 2.13. The largest absolute Gasteiger partial charge is 0.497 e. The lowest BCUT2D eigenvalue weighted by Crippen LogP contribution is -2.15. The van der Waals surface area contributed by atoms with Crippen molar-refractivity contribution < 1.29 is 14.6 Å². The van der Waals surface area contributed by atoms with E-state index < -0.39 is 10.8 Å². The number of ether oxygens (including phenoxy) is 1. The predicted molar refractivity (Wildman–Crippen MR) is 57.0 cm³/mol. The van der Waals surface area contributed by atoms with Crippen molar-refractivity contribution in [3.63, 3.8) is 0 Å². The summed E-state index contributed by atoms with van der Waals surface area (Å²) >= 11 is 3.09. The lowest BCUT2D eigenvalue weighted by atomic mass is 10.1. The van der Waals surface area contributed by atoms with Gasteiger partial charge in [-0.2, -0.15) is 0 Å². The highest BCUT2D eigenvalue weighted by Crippen LogP contribution is 2.16. The SMILES string of the molecule is COc1cccc(CC(Br)C(=O)O)c1. The first-order valence-electron chi connectivity index (χ1n) is 4.13. The van der Waals surface area contributed by atoms with Gasteiger partial charge < -0.3 is 9.84 Å². The Labute approximate surface area is 90.8 Å². The van der Waals surface area contributed by atoms with Crippen LogP contribution in [0.5, 0.6) is 5.75 Å². The van der Waals surface area contributed by atoms with Gasteiger partial charge in [-0.1, -0.05) is 28.1 Å². The summed E-state index contributed by atoms with van der Waals surface area (Å²) in [6.07, 6.45) is 0.451. The van der Waals surface area contributed by atoms with Gasteiger partial charge in [0.2, 0.25) is 0 Å². The van der Waals surface area contributed by atoms with Crippen LogP contribution < -0.4 is 4.74 Å². The first-order valence-corrected chi connectivity index (χ1v) is 5.05. The second-order valence-corrected chi connectivity index (χ2v) is 3.97. The average molecular weight is 259 g/mol. The molecule has 0 aliphatic rings. The van der Waals surface area contributed by atoms with Gasteiger partial charge in [0.25, 0.3) is 0 Å². The molecule has 0 spiro atoms. The minimum absolute atomic E-state index is 0.451. The van der Waals surface area contributed by atoms with E-state index in [1.807, 2.05) is 24.3 Å². The molecule has 0 bridgehead atoms. The number of hydrogen-bond donors (Lipinski definition) is 1. The van der Waals surface area contributed by atoms with Crippen LogP contribution in [-0.2, 0) is 11.2 Å². The van der Waals surface area contributed by atoms with Gasteiger partial charge in [0.05, 0.1) is 7.11 Å². The summed E-state index contributed by atoms with van der Waals surface area (Å²) in [4.78, 5) is 10.0. The van der Waals surface area contributed by atoms with Gasteiger partial charge >= 0.3 is 5.97 Å². The van der Waals surface area contributed by atoms with Gasteiger partial charge in [0.1, 0.15) is 10.6 Å². The summed E-state index contributed by atoms with van der Waals surface area (Å²) < 4.78 is 5.03. The minimum atomic E-state index is -0.854. The molecule has 1 unspecified atom stereocenters. The van der Waals surface area contributed by atoms with E-state index in [0.717, 1.165) is 11.3 Å². The summed E-state index contributed by atoms with van der Waals surface area (Å²) in [6, 6.07) is 7.38. The zero-order valence-corrected chi connectivity index (χ0v) is 9.32. The van der Waals surface area contributed by atoms with E-state index in [0.29, 0.717) is 6.42 Å². The molecule has 1 aromatic carbocycles. The Kier molecular flexibility index (Phi) is 3.95. The zero-order valence-electron chi connectivity index (χ0n) is 7.74. The summed E-state index contributed by atoms with van der Waals surface area (Å²) in [7, 11) is 1.59. The molecular formula is C10H11BrO3. The number of alkyl halides is 1. The van der Waals surface area contributed by atoms with E-state index in [4.69, 9.17) is 9.84 Å². The van der Waals surface area contributed by atoms with Crippen molar-refractivity contribution >= 4 is 21.9 Å². The monoisotopic (exact) mass is 258 g/mol. The van der Waals surface area contributed by atoms with E-state index in [1.54, 1.807) is 7.11 Å². The average Bonchev–Trinajstić information content (AvgIpc) is 2.18. The summed E-state index contributed by atoms with van der Waals surface area (Å²) in [5.74, 6) is -0.111. The van der Waals surface area contributed by atoms with Crippen molar-refractivity contribution in [2.24, 2.45) is 0 Å². The number of hydrogen-bond acceptors (Lipinski definition) is 2. The molecule has 14 heavy (non-hydrogen) atoms. The van der Waals surface area contributed by atoms with Crippen molar-refractivity contribution in [3.05, 3.63) is 29.8 Å². The van der Waals surface area contributed by atoms with Gasteiger partial charge in [0, 0.05) is 0 Å². The molecule has 0 aliphatic heterocycles. The number of benzene rings is 1. The Hall–Kier alpha value is -1.03. The van der Waals surface area contributed by atoms with Crippen molar-refractivity contribution in [1.29, 1.82) is 0 Å². The van der Waals surface area contributed by atoms with Crippen molar-refractivity contribution in [1.82, 2.24) is 0 Å². The summed E-state index contributed by atoms with van der Waals surface area (Å²) in [5, 5.41) is 8.69. The van der Waals surface area contributed by atoms with Crippen molar-refractivity contribution in [2.75, 3.05) is 7.11 Å². The number of halogens is 1. The smallest absolute Gasteiger partial charge is 0.317 e. The number of aliphatic carboxylic acids is 1.